The summed E-state index contributed by atoms with van der Waals surface area (Å²) in [7, 11) is 0. The minimum atomic E-state index is 0.0720. The molecule has 1 unspecified atom stereocenters. The third-order valence-electron chi connectivity index (χ3n) is 4.22. The Kier molecular flexibility index (Phi) is 5.43. The van der Waals surface area contributed by atoms with Crippen LogP contribution in [0.25, 0.3) is 0 Å². The molecule has 0 aliphatic carbocycles. The number of nitrogens with two attached hydrogens (primary N) is 1. The van der Waals surface area contributed by atoms with Crippen LogP contribution < -0.4 is 5.73 Å². The first-order valence-electron chi connectivity index (χ1n) is 8.20. The highest BCUT2D eigenvalue weighted by atomic mass is 32.2. The van der Waals surface area contributed by atoms with Gasteiger partial charge in [0.15, 0.2) is 0 Å². The molecule has 1 aliphatic rings. The number of nitrogens with zero attached hydrogens (tertiary/aromatic N) is 1. The Bertz CT molecular complexity index is 720. The van der Waals surface area contributed by atoms with Crippen LogP contribution in [-0.2, 0) is 4.74 Å². The van der Waals surface area contributed by atoms with Gasteiger partial charge >= 0.3 is 0 Å². The fourth-order valence-electron chi connectivity index (χ4n) is 2.84. The van der Waals surface area contributed by atoms with Crippen LogP contribution in [-0.4, -0.2) is 36.6 Å². The van der Waals surface area contributed by atoms with E-state index in [9.17, 15) is 4.79 Å². The molecule has 0 bridgehead atoms. The molecular formula is C19H22N2O2S. The number of anilines is 1. The molecule has 2 aromatic carbocycles. The lowest BCUT2D eigenvalue weighted by Crippen LogP contribution is -2.48. The summed E-state index contributed by atoms with van der Waals surface area (Å²) >= 11 is 1.54. The molecule has 3 rings (SSSR count). The Hall–Kier alpha value is -1.98. The molecule has 1 fully saturated rings. The van der Waals surface area contributed by atoms with Crippen molar-refractivity contribution in [2.24, 2.45) is 0 Å². The van der Waals surface area contributed by atoms with Crippen molar-refractivity contribution < 1.29 is 9.53 Å². The number of hydrogen-bond acceptors (Lipinski definition) is 4. The summed E-state index contributed by atoms with van der Waals surface area (Å²) in [5, 5.41) is 0. The molecule has 0 spiro atoms. The van der Waals surface area contributed by atoms with E-state index in [-0.39, 0.29) is 11.9 Å². The van der Waals surface area contributed by atoms with E-state index in [0.29, 0.717) is 19.8 Å². The third kappa shape index (κ3) is 3.57. The maximum Gasteiger partial charge on any atom is 0.255 e. The molecular weight excluding hydrogens is 320 g/mol. The summed E-state index contributed by atoms with van der Waals surface area (Å²) in [6.07, 6.45) is 0.896. The van der Waals surface area contributed by atoms with Crippen LogP contribution in [0.15, 0.2) is 58.3 Å². The van der Waals surface area contributed by atoms with E-state index in [1.807, 2.05) is 53.4 Å². The largest absolute Gasteiger partial charge is 0.398 e. The molecule has 0 aromatic heterocycles. The first-order valence-corrected chi connectivity index (χ1v) is 9.02. The number of nitrogen functional groups attached to an aromatic ring is 1. The van der Waals surface area contributed by atoms with Gasteiger partial charge in [-0.3, -0.25) is 4.79 Å². The van der Waals surface area contributed by atoms with Gasteiger partial charge in [-0.15, -0.1) is 0 Å². The Labute approximate surface area is 147 Å². The van der Waals surface area contributed by atoms with Gasteiger partial charge in [-0.1, -0.05) is 43.0 Å². The van der Waals surface area contributed by atoms with Crippen LogP contribution in [0.3, 0.4) is 0 Å². The lowest BCUT2D eigenvalue weighted by molar-refractivity contribution is -0.00298. The first kappa shape index (κ1) is 16.9. The molecule has 0 radical (unpaired) electrons. The number of carbonyl (C=O) groups excluding carboxylic acids is 1. The Morgan fingerprint density at radius 3 is 2.67 bits per heavy atom. The van der Waals surface area contributed by atoms with Crippen LogP contribution >= 0.6 is 11.8 Å². The normalized spacial score (nSPS) is 17.7. The Balaban J connectivity index is 1.88. The predicted octanol–water partition coefficient (Wildman–Crippen LogP) is 3.67. The van der Waals surface area contributed by atoms with Gasteiger partial charge in [0.25, 0.3) is 5.91 Å². The van der Waals surface area contributed by atoms with Crippen LogP contribution in [0, 0.1) is 0 Å². The van der Waals surface area contributed by atoms with Crippen molar-refractivity contribution in [3.63, 3.8) is 0 Å². The summed E-state index contributed by atoms with van der Waals surface area (Å²) < 4.78 is 5.52. The lowest BCUT2D eigenvalue weighted by atomic mass is 10.1. The molecule has 1 atom stereocenters. The van der Waals surface area contributed by atoms with Crippen molar-refractivity contribution in [1.82, 2.24) is 4.90 Å². The summed E-state index contributed by atoms with van der Waals surface area (Å²) in [4.78, 5) is 16.9. The number of carbonyl (C=O) groups is 1. The zero-order valence-electron chi connectivity index (χ0n) is 13.8. The van der Waals surface area contributed by atoms with Gasteiger partial charge in [0.05, 0.1) is 24.8 Å². The van der Waals surface area contributed by atoms with Crippen molar-refractivity contribution in [3.8, 4) is 0 Å². The van der Waals surface area contributed by atoms with Gasteiger partial charge < -0.3 is 15.4 Å². The minimum Gasteiger partial charge on any atom is -0.398 e. The number of ether oxygens (including phenoxy) is 1. The highest BCUT2D eigenvalue weighted by Crippen LogP contribution is 2.34. The quantitative estimate of drug-likeness (QED) is 0.861. The maximum atomic E-state index is 13.1. The molecule has 1 saturated heterocycles. The molecule has 24 heavy (non-hydrogen) atoms. The molecule has 126 valence electrons. The average Bonchev–Trinajstić information content (AvgIpc) is 2.63. The van der Waals surface area contributed by atoms with Gasteiger partial charge in [0, 0.05) is 22.0 Å². The highest BCUT2D eigenvalue weighted by molar-refractivity contribution is 7.99. The number of para-hydroxylation sites is 1. The second-order valence-electron chi connectivity index (χ2n) is 5.77. The Morgan fingerprint density at radius 1 is 1.21 bits per heavy atom. The van der Waals surface area contributed by atoms with Crippen LogP contribution in [0.2, 0.25) is 0 Å². The fraction of sp³-hybridized carbons (Fsp3) is 0.316. The van der Waals surface area contributed by atoms with Gasteiger partial charge in [-0.05, 0) is 30.7 Å². The zero-order valence-corrected chi connectivity index (χ0v) is 14.6. The smallest absolute Gasteiger partial charge is 0.255 e. The second kappa shape index (κ2) is 7.73. The van der Waals surface area contributed by atoms with E-state index < -0.39 is 0 Å². The molecule has 1 heterocycles. The minimum absolute atomic E-state index is 0.0720. The number of amides is 1. The number of morpholine rings is 1. The zero-order chi connectivity index (χ0) is 16.9. The molecule has 1 amide bonds. The van der Waals surface area contributed by atoms with E-state index in [1.54, 1.807) is 0 Å². The fourth-order valence-corrected chi connectivity index (χ4v) is 3.82. The van der Waals surface area contributed by atoms with Gasteiger partial charge in [-0.25, -0.2) is 0 Å². The van der Waals surface area contributed by atoms with Crippen molar-refractivity contribution in [3.05, 3.63) is 54.1 Å². The average molecular weight is 342 g/mol. The summed E-state index contributed by atoms with van der Waals surface area (Å²) in [6.45, 7) is 3.95. The first-order chi connectivity index (χ1) is 11.7. The van der Waals surface area contributed by atoms with E-state index in [1.165, 1.54) is 11.8 Å². The van der Waals surface area contributed by atoms with Crippen molar-refractivity contribution in [2.45, 2.75) is 29.2 Å². The van der Waals surface area contributed by atoms with Gasteiger partial charge in [-0.2, -0.15) is 0 Å². The van der Waals surface area contributed by atoms with E-state index in [0.717, 1.165) is 27.5 Å². The van der Waals surface area contributed by atoms with Crippen molar-refractivity contribution >= 4 is 23.4 Å². The Morgan fingerprint density at radius 2 is 1.92 bits per heavy atom. The standard InChI is InChI=1S/C19H22N2O2S/c1-2-14-13-23-12-11-21(14)19(22)15-7-3-5-9-17(15)24-18-10-6-4-8-16(18)20/h3-10,14H,2,11-13,20H2,1H3. The molecule has 5 heteroatoms. The second-order valence-corrected chi connectivity index (χ2v) is 6.86. The van der Waals surface area contributed by atoms with Gasteiger partial charge in [0.1, 0.15) is 0 Å². The molecule has 1 aliphatic heterocycles. The van der Waals surface area contributed by atoms with E-state index >= 15 is 0 Å². The third-order valence-corrected chi connectivity index (χ3v) is 5.38. The van der Waals surface area contributed by atoms with Crippen LogP contribution in [0.5, 0.6) is 0 Å². The topological polar surface area (TPSA) is 55.6 Å². The molecule has 2 aromatic rings. The predicted molar refractivity (Wildman–Crippen MR) is 97.4 cm³/mol. The van der Waals surface area contributed by atoms with E-state index in [2.05, 4.69) is 6.92 Å². The highest BCUT2D eigenvalue weighted by Gasteiger charge is 2.28. The summed E-state index contributed by atoms with van der Waals surface area (Å²) in [5.41, 5.74) is 7.50. The number of hydrogen-bond donors (Lipinski definition) is 1. The van der Waals surface area contributed by atoms with Crippen LogP contribution in [0.1, 0.15) is 23.7 Å². The van der Waals surface area contributed by atoms with E-state index in [4.69, 9.17) is 10.5 Å². The van der Waals surface area contributed by atoms with Crippen molar-refractivity contribution in [1.29, 1.82) is 0 Å². The lowest BCUT2D eigenvalue weighted by Gasteiger charge is -2.35. The molecule has 4 nitrogen and oxygen atoms in total. The number of rotatable bonds is 4. The monoisotopic (exact) mass is 342 g/mol. The molecule has 2 N–H and O–H groups in total. The maximum absolute atomic E-state index is 13.1. The SMILES string of the molecule is CCC1COCCN1C(=O)c1ccccc1Sc1ccccc1N. The van der Waals surface area contributed by atoms with Gasteiger partial charge in [0.2, 0.25) is 0 Å². The van der Waals surface area contributed by atoms with Crippen LogP contribution in [0.4, 0.5) is 5.69 Å². The van der Waals surface area contributed by atoms with Crippen molar-refractivity contribution in [2.75, 3.05) is 25.5 Å². The molecule has 0 saturated carbocycles. The summed E-state index contributed by atoms with van der Waals surface area (Å²) in [5.74, 6) is 0.0720. The summed E-state index contributed by atoms with van der Waals surface area (Å²) in [6, 6.07) is 15.6. The number of benzene rings is 2.